The van der Waals surface area contributed by atoms with Gasteiger partial charge in [0.05, 0.1) is 6.61 Å². The zero-order chi connectivity index (χ0) is 13.1. The predicted molar refractivity (Wildman–Crippen MR) is 69.9 cm³/mol. The second-order valence-corrected chi connectivity index (χ2v) is 5.15. The number of nitrogens with one attached hydrogen (secondary N) is 1. The number of urea groups is 1. The molecule has 0 unspecified atom stereocenters. The number of amides is 2. The predicted octanol–water partition coefficient (Wildman–Crippen LogP) is 2.58. The summed E-state index contributed by atoms with van der Waals surface area (Å²) in [6, 6.07) is 4.11. The van der Waals surface area contributed by atoms with Crippen molar-refractivity contribution in [3.05, 3.63) is 28.5 Å². The van der Waals surface area contributed by atoms with Crippen LogP contribution in [0, 0.1) is 5.82 Å². The monoisotopic (exact) mass is 316 g/mol. The minimum atomic E-state index is -0.417. The van der Waals surface area contributed by atoms with Gasteiger partial charge in [-0.15, -0.1) is 0 Å². The number of nitrogens with zero attached hydrogens (tertiary/aromatic N) is 1. The van der Waals surface area contributed by atoms with Crippen molar-refractivity contribution in [2.45, 2.75) is 18.9 Å². The Bertz CT molecular complexity index is 431. The molecule has 2 N–H and O–H groups in total. The standard InChI is InChI=1S/C12H14BrFN2O2/c13-8-5-9(14)7-10(6-8)15-12(18)16(3-4-17)11-1-2-11/h5-7,11,17H,1-4H2,(H,15,18). The number of rotatable bonds is 4. The van der Waals surface area contributed by atoms with E-state index < -0.39 is 5.82 Å². The van der Waals surface area contributed by atoms with Crippen LogP contribution >= 0.6 is 15.9 Å². The third-order valence-corrected chi connectivity index (χ3v) is 3.16. The molecule has 1 aliphatic rings. The van der Waals surface area contributed by atoms with Crippen LogP contribution in [0.4, 0.5) is 14.9 Å². The summed E-state index contributed by atoms with van der Waals surface area (Å²) < 4.78 is 13.7. The molecule has 0 aliphatic heterocycles. The highest BCUT2D eigenvalue weighted by atomic mass is 79.9. The molecular formula is C12H14BrFN2O2. The maximum atomic E-state index is 13.2. The Kier molecular flexibility index (Phi) is 4.19. The lowest BCUT2D eigenvalue weighted by molar-refractivity contribution is 0.185. The van der Waals surface area contributed by atoms with Gasteiger partial charge in [0.25, 0.3) is 0 Å². The lowest BCUT2D eigenvalue weighted by Gasteiger charge is -2.21. The number of aliphatic hydroxyl groups excluding tert-OH is 1. The molecule has 0 bridgehead atoms. The summed E-state index contributed by atoms with van der Waals surface area (Å²) in [4.78, 5) is 13.6. The smallest absolute Gasteiger partial charge is 0.322 e. The van der Waals surface area contributed by atoms with E-state index in [1.165, 1.54) is 12.1 Å². The molecule has 2 amide bonds. The van der Waals surface area contributed by atoms with E-state index in [-0.39, 0.29) is 18.7 Å². The molecule has 18 heavy (non-hydrogen) atoms. The molecule has 1 saturated carbocycles. The highest BCUT2D eigenvalue weighted by molar-refractivity contribution is 9.10. The molecule has 6 heteroatoms. The van der Waals surface area contributed by atoms with E-state index in [4.69, 9.17) is 5.11 Å². The van der Waals surface area contributed by atoms with Crippen LogP contribution in [0.1, 0.15) is 12.8 Å². The molecular weight excluding hydrogens is 303 g/mol. The first-order valence-corrected chi connectivity index (χ1v) is 6.54. The van der Waals surface area contributed by atoms with Crippen LogP contribution in [0.25, 0.3) is 0 Å². The van der Waals surface area contributed by atoms with Gasteiger partial charge in [-0.05, 0) is 31.0 Å². The van der Waals surface area contributed by atoms with Crippen molar-refractivity contribution in [1.29, 1.82) is 0 Å². The maximum absolute atomic E-state index is 13.2. The molecule has 1 aromatic carbocycles. The van der Waals surface area contributed by atoms with E-state index in [1.54, 1.807) is 11.0 Å². The van der Waals surface area contributed by atoms with Crippen LogP contribution in [-0.4, -0.2) is 35.2 Å². The number of halogens is 2. The van der Waals surface area contributed by atoms with Crippen molar-refractivity contribution >= 4 is 27.6 Å². The summed E-state index contributed by atoms with van der Waals surface area (Å²) >= 11 is 3.17. The van der Waals surface area contributed by atoms with Crippen LogP contribution in [0.5, 0.6) is 0 Å². The van der Waals surface area contributed by atoms with Crippen LogP contribution < -0.4 is 5.32 Å². The van der Waals surface area contributed by atoms with Crippen LogP contribution in [0.15, 0.2) is 22.7 Å². The molecule has 1 aliphatic carbocycles. The molecule has 2 rings (SSSR count). The van der Waals surface area contributed by atoms with Gasteiger partial charge in [0.15, 0.2) is 0 Å². The fraction of sp³-hybridized carbons (Fsp3) is 0.417. The first-order valence-electron chi connectivity index (χ1n) is 5.74. The molecule has 1 fully saturated rings. The fourth-order valence-corrected chi connectivity index (χ4v) is 2.23. The van der Waals surface area contributed by atoms with Crippen molar-refractivity contribution in [2.24, 2.45) is 0 Å². The van der Waals surface area contributed by atoms with Crippen molar-refractivity contribution in [1.82, 2.24) is 4.90 Å². The van der Waals surface area contributed by atoms with E-state index in [2.05, 4.69) is 21.2 Å². The number of aliphatic hydroxyl groups is 1. The zero-order valence-corrected chi connectivity index (χ0v) is 11.3. The number of benzene rings is 1. The molecule has 0 atom stereocenters. The Morgan fingerprint density at radius 2 is 2.22 bits per heavy atom. The van der Waals surface area contributed by atoms with E-state index in [9.17, 15) is 9.18 Å². The van der Waals surface area contributed by atoms with Gasteiger partial charge in [-0.1, -0.05) is 15.9 Å². The van der Waals surface area contributed by atoms with Gasteiger partial charge in [0.1, 0.15) is 5.82 Å². The van der Waals surface area contributed by atoms with E-state index in [0.717, 1.165) is 12.8 Å². The molecule has 0 aromatic heterocycles. The molecule has 0 saturated heterocycles. The topological polar surface area (TPSA) is 52.6 Å². The van der Waals surface area contributed by atoms with Crippen molar-refractivity contribution < 1.29 is 14.3 Å². The number of anilines is 1. The molecule has 4 nitrogen and oxygen atoms in total. The van der Waals surface area contributed by atoms with E-state index in [0.29, 0.717) is 16.7 Å². The highest BCUT2D eigenvalue weighted by Gasteiger charge is 2.32. The summed E-state index contributed by atoms with van der Waals surface area (Å²) in [6.45, 7) is 0.226. The molecule has 0 radical (unpaired) electrons. The molecule has 0 spiro atoms. The van der Waals surface area contributed by atoms with Crippen LogP contribution in [0.2, 0.25) is 0 Å². The lowest BCUT2D eigenvalue weighted by Crippen LogP contribution is -2.38. The second-order valence-electron chi connectivity index (χ2n) is 4.24. The highest BCUT2D eigenvalue weighted by Crippen LogP contribution is 2.27. The Morgan fingerprint density at radius 1 is 1.50 bits per heavy atom. The van der Waals surface area contributed by atoms with Crippen molar-refractivity contribution in [2.75, 3.05) is 18.5 Å². The summed E-state index contributed by atoms with van der Waals surface area (Å²) in [6.07, 6.45) is 1.92. The third-order valence-electron chi connectivity index (χ3n) is 2.70. The van der Waals surface area contributed by atoms with Gasteiger partial charge in [0, 0.05) is 22.7 Å². The van der Waals surface area contributed by atoms with Crippen molar-refractivity contribution in [3.63, 3.8) is 0 Å². The minimum absolute atomic E-state index is 0.0727. The maximum Gasteiger partial charge on any atom is 0.322 e. The Balaban J connectivity index is 2.04. The third kappa shape index (κ3) is 3.43. The second kappa shape index (κ2) is 5.67. The first-order chi connectivity index (χ1) is 8.60. The molecule has 0 heterocycles. The number of hydrogen-bond acceptors (Lipinski definition) is 2. The zero-order valence-electron chi connectivity index (χ0n) is 9.70. The molecule has 1 aromatic rings. The van der Waals surface area contributed by atoms with Gasteiger partial charge in [-0.25, -0.2) is 9.18 Å². The minimum Gasteiger partial charge on any atom is -0.395 e. The summed E-state index contributed by atoms with van der Waals surface area (Å²) in [5.74, 6) is -0.417. The van der Waals surface area contributed by atoms with Gasteiger partial charge in [-0.3, -0.25) is 0 Å². The van der Waals surface area contributed by atoms with Gasteiger partial charge < -0.3 is 15.3 Å². The van der Waals surface area contributed by atoms with Crippen molar-refractivity contribution in [3.8, 4) is 0 Å². The Hall–Kier alpha value is -1.14. The van der Waals surface area contributed by atoms with Crippen LogP contribution in [-0.2, 0) is 0 Å². The van der Waals surface area contributed by atoms with Gasteiger partial charge in [-0.2, -0.15) is 0 Å². The summed E-state index contributed by atoms with van der Waals surface area (Å²) in [5, 5.41) is 11.6. The SMILES string of the molecule is O=C(Nc1cc(F)cc(Br)c1)N(CCO)C1CC1. The molecule has 98 valence electrons. The lowest BCUT2D eigenvalue weighted by atomic mass is 10.3. The quantitative estimate of drug-likeness (QED) is 0.897. The Morgan fingerprint density at radius 3 is 2.78 bits per heavy atom. The average molecular weight is 317 g/mol. The normalized spacial score (nSPS) is 14.4. The summed E-state index contributed by atoms with van der Waals surface area (Å²) in [5.41, 5.74) is 0.399. The van der Waals surface area contributed by atoms with Gasteiger partial charge >= 0.3 is 6.03 Å². The average Bonchev–Trinajstić information content (AvgIpc) is 3.07. The van der Waals surface area contributed by atoms with Gasteiger partial charge in [0.2, 0.25) is 0 Å². The number of carbonyl (C=O) groups excluding carboxylic acids is 1. The Labute approximate surface area is 113 Å². The number of carbonyl (C=O) groups is 1. The van der Waals surface area contributed by atoms with Crippen LogP contribution in [0.3, 0.4) is 0 Å². The number of hydrogen-bond donors (Lipinski definition) is 2. The fourth-order valence-electron chi connectivity index (χ4n) is 1.77. The van der Waals surface area contributed by atoms with E-state index in [1.807, 2.05) is 0 Å². The first kappa shape index (κ1) is 13.3. The summed E-state index contributed by atoms with van der Waals surface area (Å²) in [7, 11) is 0. The largest absolute Gasteiger partial charge is 0.395 e. The van der Waals surface area contributed by atoms with E-state index >= 15 is 0 Å².